The molecule has 0 atom stereocenters. The number of carbonyl (C=O) groups is 1. The van der Waals surface area contributed by atoms with Crippen molar-refractivity contribution < 1.29 is 18.7 Å². The molecule has 0 aliphatic rings. The lowest BCUT2D eigenvalue weighted by Crippen LogP contribution is -2.03. The molecule has 2 rings (SSSR count). The van der Waals surface area contributed by atoms with Gasteiger partial charge in [0.05, 0.1) is 19.8 Å². The lowest BCUT2D eigenvalue weighted by Gasteiger charge is -2.09. The molecule has 0 amide bonds. The van der Waals surface area contributed by atoms with Gasteiger partial charge in [-0.1, -0.05) is 24.3 Å². The molecule has 0 N–H and O–H groups in total. The van der Waals surface area contributed by atoms with Crippen LogP contribution in [0.15, 0.2) is 42.5 Å². The second-order valence-electron chi connectivity index (χ2n) is 3.89. The molecular formula is C15H13FO3. The SMILES string of the molecule is COC(=O)c1ccccc1-c1ccc(F)c(OC)c1. The van der Waals surface area contributed by atoms with Crippen molar-refractivity contribution in [3.8, 4) is 16.9 Å². The van der Waals surface area contributed by atoms with Crippen LogP contribution in [0.1, 0.15) is 10.4 Å². The quantitative estimate of drug-likeness (QED) is 0.794. The van der Waals surface area contributed by atoms with E-state index in [9.17, 15) is 9.18 Å². The minimum Gasteiger partial charge on any atom is -0.494 e. The molecule has 0 fully saturated rings. The summed E-state index contributed by atoms with van der Waals surface area (Å²) in [5.74, 6) is -0.738. The molecule has 2 aromatic rings. The van der Waals surface area contributed by atoms with Crippen LogP contribution >= 0.6 is 0 Å². The van der Waals surface area contributed by atoms with E-state index in [1.54, 1.807) is 36.4 Å². The van der Waals surface area contributed by atoms with Crippen LogP contribution in [0, 0.1) is 5.82 Å². The summed E-state index contributed by atoms with van der Waals surface area (Å²) in [5, 5.41) is 0. The van der Waals surface area contributed by atoms with Crippen LogP contribution in [0.25, 0.3) is 11.1 Å². The lowest BCUT2D eigenvalue weighted by atomic mass is 9.99. The maximum absolute atomic E-state index is 13.4. The number of esters is 1. The average Bonchev–Trinajstić information content (AvgIpc) is 2.47. The van der Waals surface area contributed by atoms with Crippen molar-refractivity contribution in [1.29, 1.82) is 0 Å². The Labute approximate surface area is 110 Å². The predicted octanol–water partition coefficient (Wildman–Crippen LogP) is 3.29. The van der Waals surface area contributed by atoms with Crippen molar-refractivity contribution in [2.24, 2.45) is 0 Å². The molecule has 0 saturated carbocycles. The Bertz CT molecular complexity index is 608. The van der Waals surface area contributed by atoms with E-state index in [1.807, 2.05) is 0 Å². The first-order chi connectivity index (χ1) is 9.17. The zero-order valence-electron chi connectivity index (χ0n) is 10.6. The van der Waals surface area contributed by atoms with Crippen molar-refractivity contribution in [3.63, 3.8) is 0 Å². The Morgan fingerprint density at radius 3 is 2.53 bits per heavy atom. The van der Waals surface area contributed by atoms with Crippen LogP contribution in [0.2, 0.25) is 0 Å². The maximum Gasteiger partial charge on any atom is 0.338 e. The summed E-state index contributed by atoms with van der Waals surface area (Å²) in [6.07, 6.45) is 0. The van der Waals surface area contributed by atoms with Gasteiger partial charge in [0, 0.05) is 0 Å². The standard InChI is InChI=1S/C15H13FO3/c1-18-14-9-10(7-8-13(14)16)11-5-3-4-6-12(11)15(17)19-2/h3-9H,1-2H3. The van der Waals surface area contributed by atoms with Gasteiger partial charge in [-0.15, -0.1) is 0 Å². The fraction of sp³-hybridized carbons (Fsp3) is 0.133. The van der Waals surface area contributed by atoms with E-state index in [0.717, 1.165) is 0 Å². The van der Waals surface area contributed by atoms with E-state index < -0.39 is 11.8 Å². The first kappa shape index (κ1) is 13.1. The normalized spacial score (nSPS) is 10.1. The molecule has 2 aromatic carbocycles. The smallest absolute Gasteiger partial charge is 0.338 e. The Balaban J connectivity index is 2.56. The van der Waals surface area contributed by atoms with Gasteiger partial charge >= 0.3 is 5.97 Å². The van der Waals surface area contributed by atoms with E-state index in [0.29, 0.717) is 16.7 Å². The molecule has 98 valence electrons. The number of methoxy groups -OCH3 is 2. The second kappa shape index (κ2) is 5.52. The first-order valence-corrected chi connectivity index (χ1v) is 5.68. The number of halogens is 1. The van der Waals surface area contributed by atoms with Crippen LogP contribution < -0.4 is 4.74 Å². The van der Waals surface area contributed by atoms with Gasteiger partial charge in [0.2, 0.25) is 0 Å². The zero-order valence-corrected chi connectivity index (χ0v) is 10.6. The molecule has 0 spiro atoms. The average molecular weight is 260 g/mol. The maximum atomic E-state index is 13.4. The van der Waals surface area contributed by atoms with Crippen LogP contribution in [-0.2, 0) is 4.74 Å². The van der Waals surface area contributed by atoms with Crippen LogP contribution in [0.5, 0.6) is 5.75 Å². The molecule has 3 nitrogen and oxygen atoms in total. The van der Waals surface area contributed by atoms with E-state index in [2.05, 4.69) is 0 Å². The van der Waals surface area contributed by atoms with Gasteiger partial charge in [-0.3, -0.25) is 0 Å². The van der Waals surface area contributed by atoms with Gasteiger partial charge in [-0.2, -0.15) is 0 Å². The van der Waals surface area contributed by atoms with E-state index in [1.165, 1.54) is 20.3 Å². The molecule has 0 saturated heterocycles. The van der Waals surface area contributed by atoms with Gasteiger partial charge in [0.15, 0.2) is 11.6 Å². The molecule has 19 heavy (non-hydrogen) atoms. The summed E-state index contributed by atoms with van der Waals surface area (Å²) >= 11 is 0. The second-order valence-corrected chi connectivity index (χ2v) is 3.89. The highest BCUT2D eigenvalue weighted by molar-refractivity contribution is 5.97. The van der Waals surface area contributed by atoms with Crippen molar-refractivity contribution in [1.82, 2.24) is 0 Å². The van der Waals surface area contributed by atoms with E-state index in [4.69, 9.17) is 9.47 Å². The number of carbonyl (C=O) groups excluding carboxylic acids is 1. The van der Waals surface area contributed by atoms with Crippen LogP contribution in [0.3, 0.4) is 0 Å². The van der Waals surface area contributed by atoms with Crippen LogP contribution in [-0.4, -0.2) is 20.2 Å². The molecule has 0 aromatic heterocycles. The van der Waals surface area contributed by atoms with Gasteiger partial charge in [0.25, 0.3) is 0 Å². The third-order valence-corrected chi connectivity index (χ3v) is 2.79. The molecule has 0 aliphatic carbocycles. The van der Waals surface area contributed by atoms with Crippen molar-refractivity contribution in [3.05, 3.63) is 53.8 Å². The minimum atomic E-state index is -0.443. The van der Waals surface area contributed by atoms with Crippen molar-refractivity contribution in [2.45, 2.75) is 0 Å². The molecule has 0 unspecified atom stereocenters. The fourth-order valence-corrected chi connectivity index (χ4v) is 1.85. The minimum absolute atomic E-state index is 0.136. The Morgan fingerprint density at radius 2 is 1.84 bits per heavy atom. The largest absolute Gasteiger partial charge is 0.494 e. The lowest BCUT2D eigenvalue weighted by molar-refractivity contribution is 0.0601. The summed E-state index contributed by atoms with van der Waals surface area (Å²) in [6, 6.07) is 11.4. The van der Waals surface area contributed by atoms with Gasteiger partial charge in [0.1, 0.15) is 0 Å². The Morgan fingerprint density at radius 1 is 1.11 bits per heavy atom. The number of ether oxygens (including phenoxy) is 2. The van der Waals surface area contributed by atoms with Gasteiger partial charge in [-0.05, 0) is 29.3 Å². The molecule has 0 aliphatic heterocycles. The summed E-state index contributed by atoms with van der Waals surface area (Å²) in [6.45, 7) is 0. The highest BCUT2D eigenvalue weighted by atomic mass is 19.1. The molecular weight excluding hydrogens is 247 g/mol. The molecule has 0 heterocycles. The van der Waals surface area contributed by atoms with E-state index in [-0.39, 0.29) is 5.75 Å². The topological polar surface area (TPSA) is 35.5 Å². The van der Waals surface area contributed by atoms with Crippen molar-refractivity contribution >= 4 is 5.97 Å². The first-order valence-electron chi connectivity index (χ1n) is 5.68. The summed E-state index contributed by atoms with van der Waals surface area (Å²) in [7, 11) is 2.72. The Hall–Kier alpha value is -2.36. The Kier molecular flexibility index (Phi) is 3.80. The highest BCUT2D eigenvalue weighted by Gasteiger charge is 2.14. The van der Waals surface area contributed by atoms with Crippen molar-refractivity contribution in [2.75, 3.05) is 14.2 Å². The third kappa shape index (κ3) is 2.57. The molecule has 0 radical (unpaired) electrons. The fourth-order valence-electron chi connectivity index (χ4n) is 1.85. The number of benzene rings is 2. The highest BCUT2D eigenvalue weighted by Crippen LogP contribution is 2.29. The van der Waals surface area contributed by atoms with Crippen LogP contribution in [0.4, 0.5) is 4.39 Å². The predicted molar refractivity (Wildman–Crippen MR) is 69.7 cm³/mol. The summed E-state index contributed by atoms with van der Waals surface area (Å²) in [4.78, 5) is 11.7. The summed E-state index contributed by atoms with van der Waals surface area (Å²) in [5.41, 5.74) is 1.80. The molecule has 4 heteroatoms. The monoisotopic (exact) mass is 260 g/mol. The summed E-state index contributed by atoms with van der Waals surface area (Å²) < 4.78 is 23.1. The number of hydrogen-bond donors (Lipinski definition) is 0. The van der Waals surface area contributed by atoms with Gasteiger partial charge in [-0.25, -0.2) is 9.18 Å². The third-order valence-electron chi connectivity index (χ3n) is 2.79. The number of hydrogen-bond acceptors (Lipinski definition) is 3. The zero-order chi connectivity index (χ0) is 13.8. The molecule has 0 bridgehead atoms. The van der Waals surface area contributed by atoms with Gasteiger partial charge < -0.3 is 9.47 Å². The van der Waals surface area contributed by atoms with E-state index >= 15 is 0 Å². The number of rotatable bonds is 3.